The van der Waals surface area contributed by atoms with Crippen LogP contribution >= 0.6 is 0 Å². The average molecular weight is 495 g/mol. The van der Waals surface area contributed by atoms with Gasteiger partial charge in [-0.15, -0.1) is 10.2 Å². The Kier molecular flexibility index (Phi) is 5.43. The first-order valence-electron chi connectivity index (χ1n) is 12.6. The van der Waals surface area contributed by atoms with Crippen molar-refractivity contribution in [2.45, 2.75) is 39.7 Å². The lowest BCUT2D eigenvalue weighted by molar-refractivity contribution is 0.0734. The van der Waals surface area contributed by atoms with Crippen LogP contribution in [0.3, 0.4) is 0 Å². The van der Waals surface area contributed by atoms with Gasteiger partial charge in [-0.25, -0.2) is 4.98 Å². The first-order chi connectivity index (χ1) is 17.8. The van der Waals surface area contributed by atoms with Gasteiger partial charge in [-0.1, -0.05) is 26.0 Å². The monoisotopic (exact) mass is 494 g/mol. The molecule has 0 unspecified atom stereocenters. The summed E-state index contributed by atoms with van der Waals surface area (Å²) in [6, 6.07) is 14.4. The molecule has 0 radical (unpaired) electrons. The van der Waals surface area contributed by atoms with Crippen LogP contribution in [0.25, 0.3) is 28.2 Å². The van der Waals surface area contributed by atoms with E-state index in [4.69, 9.17) is 10.1 Å². The number of rotatable bonds is 4. The number of benzene rings is 2. The first kappa shape index (κ1) is 23.1. The number of nitrogens with zero attached hydrogens (tertiary/aromatic N) is 8. The summed E-state index contributed by atoms with van der Waals surface area (Å²) in [6.45, 7) is 7.51. The topological polar surface area (TPSA) is 86.7 Å². The minimum absolute atomic E-state index is 0.00573. The van der Waals surface area contributed by atoms with E-state index in [1.165, 1.54) is 5.56 Å². The highest BCUT2D eigenvalue weighted by atomic mass is 16.2. The van der Waals surface area contributed by atoms with Crippen LogP contribution in [0, 0.1) is 6.92 Å². The van der Waals surface area contributed by atoms with Crippen molar-refractivity contribution in [2.75, 3.05) is 6.54 Å². The fourth-order valence-corrected chi connectivity index (χ4v) is 5.29. The Morgan fingerprint density at radius 3 is 2.54 bits per heavy atom. The predicted octanol–water partition coefficient (Wildman–Crippen LogP) is 4.18. The van der Waals surface area contributed by atoms with Crippen LogP contribution < -0.4 is 0 Å². The molecule has 0 saturated carbocycles. The molecule has 9 nitrogen and oxygen atoms in total. The van der Waals surface area contributed by atoms with E-state index in [1.54, 1.807) is 6.33 Å². The fraction of sp³-hybridized carbons (Fsp3) is 0.321. The standard InChI is InChI=1S/C28H30N8O/c1-17(2)19-6-9-21(10-7-19)36-18(3)30-23-14-20(8-11-25(23)36)28(37)35-13-12-24-22(15-35)26(32-34(24)5)27-31-29-16-33(27)4/h6-11,14,16-17H,12-13,15H2,1-5H3. The SMILES string of the molecule is Cc1nc2cc(C(=O)N3CCc4c(c(-c5nncn5C)nn4C)C3)ccc2n1-c1ccc(C(C)C)cc1. The third-order valence-corrected chi connectivity index (χ3v) is 7.34. The van der Waals surface area contributed by atoms with Crippen molar-refractivity contribution >= 4 is 16.9 Å². The molecule has 6 rings (SSSR count). The molecule has 0 atom stereocenters. The minimum atomic E-state index is -0.00573. The molecule has 37 heavy (non-hydrogen) atoms. The molecule has 0 bridgehead atoms. The number of carbonyl (C=O) groups excluding carboxylic acids is 1. The van der Waals surface area contributed by atoms with Gasteiger partial charge >= 0.3 is 0 Å². The van der Waals surface area contributed by atoms with Gasteiger partial charge in [-0.3, -0.25) is 14.0 Å². The Balaban J connectivity index is 1.31. The molecular weight excluding hydrogens is 464 g/mol. The van der Waals surface area contributed by atoms with Crippen LogP contribution in [0.5, 0.6) is 0 Å². The molecule has 1 aliphatic heterocycles. The van der Waals surface area contributed by atoms with Gasteiger partial charge < -0.3 is 9.47 Å². The largest absolute Gasteiger partial charge is 0.334 e. The molecule has 0 fully saturated rings. The van der Waals surface area contributed by atoms with Gasteiger partial charge in [0.25, 0.3) is 5.91 Å². The predicted molar refractivity (Wildman–Crippen MR) is 142 cm³/mol. The quantitative estimate of drug-likeness (QED) is 0.374. The van der Waals surface area contributed by atoms with E-state index in [0.29, 0.717) is 30.4 Å². The maximum Gasteiger partial charge on any atom is 0.254 e. The lowest BCUT2D eigenvalue weighted by Crippen LogP contribution is -2.36. The molecule has 5 aromatic rings. The Labute approximate surface area is 215 Å². The van der Waals surface area contributed by atoms with Crippen LogP contribution in [-0.2, 0) is 27.1 Å². The number of hydrogen-bond acceptors (Lipinski definition) is 5. The second kappa shape index (κ2) is 8.69. The molecule has 0 N–H and O–H groups in total. The van der Waals surface area contributed by atoms with Crippen molar-refractivity contribution < 1.29 is 4.79 Å². The number of carbonyl (C=O) groups is 1. The summed E-state index contributed by atoms with van der Waals surface area (Å²) in [7, 11) is 3.84. The molecule has 2 aromatic carbocycles. The summed E-state index contributed by atoms with van der Waals surface area (Å²) in [5, 5.41) is 12.9. The third-order valence-electron chi connectivity index (χ3n) is 7.34. The van der Waals surface area contributed by atoms with Crippen LogP contribution in [0.1, 0.15) is 52.8 Å². The van der Waals surface area contributed by atoms with Gasteiger partial charge in [-0.05, 0) is 48.7 Å². The maximum absolute atomic E-state index is 13.6. The third kappa shape index (κ3) is 3.82. The Morgan fingerprint density at radius 2 is 1.84 bits per heavy atom. The minimum Gasteiger partial charge on any atom is -0.334 e. The number of imidazole rings is 1. The molecule has 9 heteroatoms. The maximum atomic E-state index is 13.6. The zero-order chi connectivity index (χ0) is 25.8. The smallest absolute Gasteiger partial charge is 0.254 e. The van der Waals surface area contributed by atoms with E-state index < -0.39 is 0 Å². The molecule has 3 aromatic heterocycles. The van der Waals surface area contributed by atoms with E-state index in [9.17, 15) is 4.79 Å². The highest BCUT2D eigenvalue weighted by molar-refractivity contribution is 5.98. The van der Waals surface area contributed by atoms with Crippen molar-refractivity contribution in [3.8, 4) is 17.2 Å². The summed E-state index contributed by atoms with van der Waals surface area (Å²) < 4.78 is 5.90. The average Bonchev–Trinajstić information content (AvgIpc) is 3.56. The molecule has 0 aliphatic carbocycles. The van der Waals surface area contributed by atoms with Gasteiger partial charge in [0, 0.05) is 49.6 Å². The summed E-state index contributed by atoms with van der Waals surface area (Å²) >= 11 is 0. The Hall–Kier alpha value is -4.27. The molecule has 188 valence electrons. The molecule has 4 heterocycles. The second-order valence-corrected chi connectivity index (χ2v) is 10.1. The van der Waals surface area contributed by atoms with Crippen LogP contribution in [-0.4, -0.2) is 51.4 Å². The second-order valence-electron chi connectivity index (χ2n) is 10.1. The van der Waals surface area contributed by atoms with Crippen molar-refractivity contribution in [3.05, 3.63) is 77.0 Å². The zero-order valence-electron chi connectivity index (χ0n) is 21.8. The van der Waals surface area contributed by atoms with E-state index in [-0.39, 0.29) is 5.91 Å². The zero-order valence-corrected chi connectivity index (χ0v) is 21.8. The summed E-state index contributed by atoms with van der Waals surface area (Å²) in [6.07, 6.45) is 2.40. The Morgan fingerprint density at radius 1 is 1.05 bits per heavy atom. The van der Waals surface area contributed by atoms with E-state index in [1.807, 2.05) is 53.4 Å². The van der Waals surface area contributed by atoms with E-state index in [0.717, 1.165) is 45.9 Å². The summed E-state index contributed by atoms with van der Waals surface area (Å²) in [5.41, 5.74) is 7.77. The van der Waals surface area contributed by atoms with Crippen molar-refractivity contribution in [3.63, 3.8) is 0 Å². The lowest BCUT2D eigenvalue weighted by Gasteiger charge is -2.27. The van der Waals surface area contributed by atoms with Gasteiger partial charge in [0.05, 0.1) is 17.6 Å². The fourth-order valence-electron chi connectivity index (χ4n) is 5.29. The molecule has 0 spiro atoms. The van der Waals surface area contributed by atoms with Gasteiger partial charge in [0.1, 0.15) is 17.8 Å². The van der Waals surface area contributed by atoms with Crippen LogP contribution in [0.4, 0.5) is 0 Å². The molecule has 0 saturated heterocycles. The highest BCUT2D eigenvalue weighted by Crippen LogP contribution is 2.30. The molecular formula is C28H30N8O. The van der Waals surface area contributed by atoms with Crippen LogP contribution in [0.2, 0.25) is 0 Å². The summed E-state index contributed by atoms with van der Waals surface area (Å²) in [4.78, 5) is 20.3. The first-order valence-corrected chi connectivity index (χ1v) is 12.6. The number of fused-ring (bicyclic) bond motifs is 2. The van der Waals surface area contributed by atoms with Crippen molar-refractivity contribution in [2.24, 2.45) is 14.1 Å². The number of amides is 1. The van der Waals surface area contributed by atoms with Gasteiger partial charge in [-0.2, -0.15) is 5.10 Å². The number of aromatic nitrogens is 7. The van der Waals surface area contributed by atoms with E-state index >= 15 is 0 Å². The number of aryl methyl sites for hydroxylation is 3. The van der Waals surface area contributed by atoms with E-state index in [2.05, 4.69) is 52.9 Å². The number of hydrogen-bond donors (Lipinski definition) is 0. The molecule has 1 aliphatic rings. The van der Waals surface area contributed by atoms with Crippen LogP contribution in [0.15, 0.2) is 48.8 Å². The lowest BCUT2D eigenvalue weighted by atomic mass is 10.0. The Bertz CT molecular complexity index is 1640. The van der Waals surface area contributed by atoms with Crippen molar-refractivity contribution in [1.29, 1.82) is 0 Å². The van der Waals surface area contributed by atoms with Gasteiger partial charge in [0.15, 0.2) is 5.82 Å². The summed E-state index contributed by atoms with van der Waals surface area (Å²) in [5.74, 6) is 2.07. The van der Waals surface area contributed by atoms with Crippen molar-refractivity contribution in [1.82, 2.24) is 39.0 Å². The van der Waals surface area contributed by atoms with Gasteiger partial charge in [0.2, 0.25) is 0 Å². The molecule has 1 amide bonds. The normalized spacial score (nSPS) is 13.5. The highest BCUT2D eigenvalue weighted by Gasteiger charge is 2.29.